The van der Waals surface area contributed by atoms with Crippen LogP contribution in [0.5, 0.6) is 0 Å². The molecule has 0 amide bonds. The molecule has 3 aromatic heterocycles. The van der Waals surface area contributed by atoms with E-state index in [1.807, 2.05) is 0 Å². The van der Waals surface area contributed by atoms with Crippen molar-refractivity contribution < 1.29 is 0 Å². The van der Waals surface area contributed by atoms with E-state index in [4.69, 9.17) is 0 Å². The van der Waals surface area contributed by atoms with Crippen LogP contribution >= 0.6 is 0 Å². The van der Waals surface area contributed by atoms with Crippen LogP contribution in [0, 0.1) is 0 Å². The van der Waals surface area contributed by atoms with Crippen LogP contribution in [0.3, 0.4) is 0 Å². The van der Waals surface area contributed by atoms with Gasteiger partial charge in [0.1, 0.15) is 0 Å². The van der Waals surface area contributed by atoms with Gasteiger partial charge in [-0.3, -0.25) is 0 Å². The number of benzene rings is 6. The first-order valence-corrected chi connectivity index (χ1v) is 13.6. The molecule has 0 unspecified atom stereocenters. The van der Waals surface area contributed by atoms with E-state index < -0.39 is 0 Å². The second-order valence-corrected chi connectivity index (χ2v) is 10.6. The van der Waals surface area contributed by atoms with Crippen molar-refractivity contribution in [3.8, 4) is 11.1 Å². The van der Waals surface area contributed by atoms with E-state index in [0.29, 0.717) is 0 Å². The van der Waals surface area contributed by atoms with E-state index in [1.54, 1.807) is 0 Å². The van der Waals surface area contributed by atoms with Gasteiger partial charge in [0.25, 0.3) is 0 Å². The van der Waals surface area contributed by atoms with Gasteiger partial charge < -0.3 is 8.97 Å². The van der Waals surface area contributed by atoms with Crippen LogP contribution < -0.4 is 0 Å². The molecule has 0 atom stereocenters. The van der Waals surface area contributed by atoms with E-state index in [-0.39, 0.29) is 0 Å². The highest BCUT2D eigenvalue weighted by molar-refractivity contribution is 6.23. The molecule has 9 aromatic rings. The third kappa shape index (κ3) is 2.86. The number of rotatable bonds is 3. The molecular weight excluding hydrogens is 472 g/mol. The maximum atomic E-state index is 2.45. The highest BCUT2D eigenvalue weighted by Gasteiger charge is 2.18. The first kappa shape index (κ1) is 20.9. The summed E-state index contributed by atoms with van der Waals surface area (Å²) < 4.78 is 4.89. The van der Waals surface area contributed by atoms with Crippen molar-refractivity contribution in [3.63, 3.8) is 0 Å². The molecule has 0 aliphatic rings. The summed E-state index contributed by atoms with van der Waals surface area (Å²) >= 11 is 0. The number of fused-ring (bicyclic) bond motifs is 9. The first-order valence-electron chi connectivity index (χ1n) is 13.6. The molecule has 39 heavy (non-hydrogen) atoms. The summed E-state index contributed by atoms with van der Waals surface area (Å²) in [5.41, 5.74) is 10.2. The molecule has 3 heterocycles. The Morgan fingerprint density at radius 1 is 0.385 bits per heavy atom. The summed E-state index contributed by atoms with van der Waals surface area (Å²) in [7, 11) is 0. The molecule has 182 valence electrons. The lowest BCUT2D eigenvalue weighted by atomic mass is 10.00. The summed E-state index contributed by atoms with van der Waals surface area (Å²) in [6.07, 6.45) is 0. The maximum absolute atomic E-state index is 2.45. The number of hydrogen-bond donors (Lipinski definition) is 0. The Morgan fingerprint density at radius 2 is 0.897 bits per heavy atom. The zero-order valence-electron chi connectivity index (χ0n) is 21.3. The van der Waals surface area contributed by atoms with Gasteiger partial charge >= 0.3 is 0 Å². The van der Waals surface area contributed by atoms with E-state index in [2.05, 4.69) is 142 Å². The van der Waals surface area contributed by atoms with Gasteiger partial charge in [0.15, 0.2) is 0 Å². The van der Waals surface area contributed by atoms with Crippen molar-refractivity contribution in [2.24, 2.45) is 0 Å². The Morgan fingerprint density at radius 3 is 1.67 bits per heavy atom. The summed E-state index contributed by atoms with van der Waals surface area (Å²) in [5, 5.41) is 7.89. The van der Waals surface area contributed by atoms with Crippen LogP contribution in [0.15, 0.2) is 133 Å². The maximum Gasteiger partial charge on any atom is 0.0620 e. The van der Waals surface area contributed by atoms with Gasteiger partial charge in [-0.15, -0.1) is 0 Å². The van der Waals surface area contributed by atoms with Gasteiger partial charge in [-0.05, 0) is 53.1 Å². The molecular formula is C37H24N2. The van der Waals surface area contributed by atoms with E-state index >= 15 is 0 Å². The van der Waals surface area contributed by atoms with Crippen molar-refractivity contribution in [3.05, 3.63) is 139 Å². The predicted molar refractivity (Wildman–Crippen MR) is 165 cm³/mol. The Labute approximate surface area is 225 Å². The molecule has 0 fully saturated rings. The second-order valence-electron chi connectivity index (χ2n) is 10.6. The lowest BCUT2D eigenvalue weighted by molar-refractivity contribution is 0.869. The van der Waals surface area contributed by atoms with Gasteiger partial charge in [-0.25, -0.2) is 0 Å². The van der Waals surface area contributed by atoms with Gasteiger partial charge in [0.2, 0.25) is 0 Å². The minimum atomic E-state index is 0.861. The van der Waals surface area contributed by atoms with Crippen molar-refractivity contribution in [1.29, 1.82) is 0 Å². The Kier molecular flexibility index (Phi) is 4.14. The van der Waals surface area contributed by atoms with Crippen LogP contribution in [0.4, 0.5) is 0 Å². The fourth-order valence-corrected chi connectivity index (χ4v) is 6.78. The predicted octanol–water partition coefficient (Wildman–Crippen LogP) is 9.66. The number of hydrogen-bond acceptors (Lipinski definition) is 0. The summed E-state index contributed by atoms with van der Waals surface area (Å²) in [5.74, 6) is 0. The standard InChI is InChI=1S/C37H24N2/c1-2-9-24(10-3-1)23-38-33-15-6-4-12-28(33)31-21-25(17-19-34(31)38)26-18-20-36-32(22-26)30-14-8-13-29-27-11-5-7-16-35(27)39(36)37(29)30/h1-22H,23H2. The topological polar surface area (TPSA) is 9.34 Å². The summed E-state index contributed by atoms with van der Waals surface area (Å²) in [4.78, 5) is 0. The van der Waals surface area contributed by atoms with E-state index in [1.165, 1.54) is 76.6 Å². The molecule has 0 aliphatic carbocycles. The highest BCUT2D eigenvalue weighted by atomic mass is 15.0. The third-order valence-electron chi connectivity index (χ3n) is 8.51. The quantitative estimate of drug-likeness (QED) is 0.230. The van der Waals surface area contributed by atoms with Gasteiger partial charge in [-0.1, -0.05) is 97.1 Å². The zero-order chi connectivity index (χ0) is 25.5. The monoisotopic (exact) mass is 496 g/mol. The number of para-hydroxylation sites is 3. The van der Waals surface area contributed by atoms with Gasteiger partial charge in [-0.2, -0.15) is 0 Å². The Bertz CT molecular complexity index is 2350. The fourth-order valence-electron chi connectivity index (χ4n) is 6.78. The van der Waals surface area contributed by atoms with Crippen LogP contribution in [-0.2, 0) is 6.54 Å². The van der Waals surface area contributed by atoms with Crippen LogP contribution in [0.25, 0.3) is 71.0 Å². The highest BCUT2D eigenvalue weighted by Crippen LogP contribution is 2.40. The average Bonchev–Trinajstić information content (AvgIpc) is 3.63. The van der Waals surface area contributed by atoms with Crippen molar-refractivity contribution in [2.45, 2.75) is 6.54 Å². The fraction of sp³-hybridized carbons (Fsp3) is 0.0270. The molecule has 0 aliphatic heterocycles. The minimum Gasteiger partial charge on any atom is -0.336 e. The molecule has 2 heteroatoms. The van der Waals surface area contributed by atoms with E-state index in [0.717, 1.165) is 6.54 Å². The smallest absolute Gasteiger partial charge is 0.0620 e. The molecule has 2 nitrogen and oxygen atoms in total. The van der Waals surface area contributed by atoms with Crippen LogP contribution in [0.1, 0.15) is 5.56 Å². The molecule has 0 bridgehead atoms. The third-order valence-corrected chi connectivity index (χ3v) is 8.51. The van der Waals surface area contributed by atoms with Gasteiger partial charge in [0, 0.05) is 49.9 Å². The molecule has 0 saturated heterocycles. The normalized spacial score (nSPS) is 12.2. The molecule has 9 rings (SSSR count). The summed E-state index contributed by atoms with van der Waals surface area (Å²) in [6, 6.07) is 48.9. The van der Waals surface area contributed by atoms with Crippen molar-refractivity contribution in [2.75, 3.05) is 0 Å². The number of nitrogens with zero attached hydrogens (tertiary/aromatic N) is 2. The lowest BCUT2D eigenvalue weighted by Crippen LogP contribution is -1.98. The summed E-state index contributed by atoms with van der Waals surface area (Å²) in [6.45, 7) is 0.861. The van der Waals surface area contributed by atoms with E-state index in [9.17, 15) is 0 Å². The van der Waals surface area contributed by atoms with Gasteiger partial charge in [0.05, 0.1) is 16.6 Å². The van der Waals surface area contributed by atoms with Crippen molar-refractivity contribution >= 4 is 59.9 Å². The van der Waals surface area contributed by atoms with Crippen LogP contribution in [0.2, 0.25) is 0 Å². The molecule has 6 aromatic carbocycles. The first-order chi connectivity index (χ1) is 19.3. The molecule has 0 radical (unpaired) electrons. The average molecular weight is 497 g/mol. The molecule has 0 saturated carbocycles. The second kappa shape index (κ2) is 7.72. The van der Waals surface area contributed by atoms with Crippen LogP contribution in [-0.4, -0.2) is 8.97 Å². The SMILES string of the molecule is c1ccc(Cn2c3ccccc3c3cc(-c4ccc5c(c4)c4cccc6c7ccccc7n5c64)ccc32)cc1. The molecule has 0 N–H and O–H groups in total. The zero-order valence-corrected chi connectivity index (χ0v) is 21.3. The molecule has 0 spiro atoms. The van der Waals surface area contributed by atoms with Crippen molar-refractivity contribution in [1.82, 2.24) is 8.97 Å². The minimum absolute atomic E-state index is 0.861. The Balaban J connectivity index is 1.26. The lowest BCUT2D eigenvalue weighted by Gasteiger charge is -2.09. The number of aromatic nitrogens is 2. The Hall–Kier alpha value is -5.08. The largest absolute Gasteiger partial charge is 0.336 e.